The zero-order valence-electron chi connectivity index (χ0n) is 32.1. The normalized spacial score (nSPS) is 15.2. The largest absolute Gasteiger partial charge is 0.443 e. The lowest BCUT2D eigenvalue weighted by atomic mass is 10.1. The Kier molecular flexibility index (Phi) is 11.5. The molecule has 1 fully saturated rings. The molecule has 0 radical (unpaired) electrons. The van der Waals surface area contributed by atoms with Crippen LogP contribution in [0, 0.1) is 11.8 Å². The minimum Gasteiger partial charge on any atom is -0.443 e. The molecule has 6 rings (SSSR count). The predicted molar refractivity (Wildman–Crippen MR) is 205 cm³/mol. The number of rotatable bonds is 7. The summed E-state index contributed by atoms with van der Waals surface area (Å²) >= 11 is 0. The number of fused-ring (bicyclic) bond motifs is 1. The van der Waals surface area contributed by atoms with Crippen molar-refractivity contribution in [3.63, 3.8) is 0 Å². The smallest absolute Gasteiger partial charge is 0.417 e. The molecule has 4 aromatic rings. The van der Waals surface area contributed by atoms with Gasteiger partial charge in [-0.3, -0.25) is 19.4 Å². The maximum atomic E-state index is 13.9. The van der Waals surface area contributed by atoms with Gasteiger partial charge >= 0.3 is 12.3 Å². The molecule has 2 aromatic carbocycles. The molecule has 2 aliphatic heterocycles. The topological polar surface area (TPSA) is 130 Å². The van der Waals surface area contributed by atoms with Crippen LogP contribution < -0.4 is 10.6 Å². The first-order valence-electron chi connectivity index (χ1n) is 18.4. The highest BCUT2D eigenvalue weighted by molar-refractivity contribution is 6.05. The number of amides is 3. The summed E-state index contributed by atoms with van der Waals surface area (Å²) in [4.78, 5) is 55.7. The lowest BCUT2D eigenvalue weighted by molar-refractivity contribution is -0.137. The van der Waals surface area contributed by atoms with E-state index in [2.05, 4.69) is 38.5 Å². The van der Waals surface area contributed by atoms with Crippen molar-refractivity contribution in [3.8, 4) is 23.2 Å². The highest BCUT2D eigenvalue weighted by Crippen LogP contribution is 2.33. The van der Waals surface area contributed by atoms with Crippen LogP contribution in [0.2, 0.25) is 0 Å². The van der Waals surface area contributed by atoms with Gasteiger partial charge in [-0.15, -0.1) is 0 Å². The van der Waals surface area contributed by atoms with Crippen molar-refractivity contribution >= 4 is 29.5 Å². The summed E-state index contributed by atoms with van der Waals surface area (Å²) in [6.45, 7) is 11.5. The molecule has 0 aliphatic carbocycles. The first-order chi connectivity index (χ1) is 26.5. The Labute approximate surface area is 324 Å². The summed E-state index contributed by atoms with van der Waals surface area (Å²) in [5.74, 6) is 5.41. The molecule has 0 saturated carbocycles. The first kappa shape index (κ1) is 40.0. The Balaban J connectivity index is 1.25. The summed E-state index contributed by atoms with van der Waals surface area (Å²) in [5, 5.41) is 0. The standard InChI is InChI=1S/C41H45F3N8O4/c1-6-49-17-19-50(20-18-49)26-52(31-12-8-11-30(23-31)41(42,43)44)35(53)22-28-10-7-9-27(21-28)13-14-29-25-46-38(45)47-36(29)34-24-32-33(48(34)5)15-16-51(37(32)54)39(55)56-40(2,3)4/h7-12,21,23-25H,6,15-20,22,26H2,1-5H3,(H2,45,46,47). The monoisotopic (exact) mass is 770 g/mol. The number of halogens is 3. The fraction of sp³-hybridized carbons (Fsp3) is 0.390. The van der Waals surface area contributed by atoms with Gasteiger partial charge in [0.2, 0.25) is 11.9 Å². The van der Waals surface area contributed by atoms with Crippen molar-refractivity contribution in [2.45, 2.75) is 52.3 Å². The zero-order valence-corrected chi connectivity index (χ0v) is 32.1. The number of nitrogens with zero attached hydrogens (tertiary/aromatic N) is 7. The predicted octanol–water partition coefficient (Wildman–Crippen LogP) is 5.59. The van der Waals surface area contributed by atoms with Crippen molar-refractivity contribution in [1.29, 1.82) is 0 Å². The van der Waals surface area contributed by atoms with Gasteiger partial charge in [0.15, 0.2) is 0 Å². The summed E-state index contributed by atoms with van der Waals surface area (Å²) in [5.41, 5.74) is 8.24. The maximum Gasteiger partial charge on any atom is 0.417 e. The summed E-state index contributed by atoms with van der Waals surface area (Å²) in [6, 6.07) is 13.6. The van der Waals surface area contributed by atoms with Gasteiger partial charge in [-0.05, 0) is 69.3 Å². The highest BCUT2D eigenvalue weighted by Gasteiger charge is 2.36. The van der Waals surface area contributed by atoms with Crippen molar-refractivity contribution in [3.05, 3.63) is 94.3 Å². The number of imide groups is 1. The molecule has 294 valence electrons. The third kappa shape index (κ3) is 9.21. The molecule has 0 spiro atoms. The quantitative estimate of drug-likeness (QED) is 0.239. The molecular weight excluding hydrogens is 725 g/mol. The number of anilines is 2. The van der Waals surface area contributed by atoms with Crippen molar-refractivity contribution in [2.75, 3.05) is 56.6 Å². The van der Waals surface area contributed by atoms with Crippen LogP contribution in [0.15, 0.2) is 60.8 Å². The first-order valence-corrected chi connectivity index (χ1v) is 18.4. The summed E-state index contributed by atoms with van der Waals surface area (Å²) in [7, 11) is 1.80. The number of ether oxygens (including phenoxy) is 1. The van der Waals surface area contributed by atoms with Crippen LogP contribution in [0.4, 0.5) is 29.6 Å². The van der Waals surface area contributed by atoms with E-state index in [-0.39, 0.29) is 37.2 Å². The van der Waals surface area contributed by atoms with Crippen LogP contribution in [0.1, 0.15) is 66.0 Å². The Bertz CT molecular complexity index is 2190. The molecule has 3 amide bonds. The molecule has 4 heterocycles. The zero-order chi connectivity index (χ0) is 40.4. The van der Waals surface area contributed by atoms with Gasteiger partial charge in [0.25, 0.3) is 5.91 Å². The van der Waals surface area contributed by atoms with Gasteiger partial charge in [-0.25, -0.2) is 19.7 Å². The van der Waals surface area contributed by atoms with Crippen LogP contribution in [0.5, 0.6) is 0 Å². The van der Waals surface area contributed by atoms with Gasteiger partial charge < -0.3 is 19.9 Å². The fourth-order valence-corrected chi connectivity index (χ4v) is 6.77. The summed E-state index contributed by atoms with van der Waals surface area (Å²) in [6.07, 6.45) is -3.44. The third-order valence-electron chi connectivity index (χ3n) is 9.73. The second kappa shape index (κ2) is 16.2. The number of nitrogen functional groups attached to an aromatic ring is 1. The number of hydrogen-bond donors (Lipinski definition) is 1. The molecular formula is C41H45F3N8O4. The van der Waals surface area contributed by atoms with E-state index >= 15 is 0 Å². The van der Waals surface area contributed by atoms with Gasteiger partial charge in [-0.1, -0.05) is 37.0 Å². The van der Waals surface area contributed by atoms with Gasteiger partial charge in [0, 0.05) is 69.3 Å². The Morgan fingerprint density at radius 1 is 0.964 bits per heavy atom. The molecule has 2 aromatic heterocycles. The lowest BCUT2D eigenvalue weighted by Crippen LogP contribution is -2.51. The van der Waals surface area contributed by atoms with Crippen LogP contribution in [-0.4, -0.2) is 98.7 Å². The number of carbonyl (C=O) groups excluding carboxylic acids is 3. The summed E-state index contributed by atoms with van der Waals surface area (Å²) < 4.78 is 48.4. The molecule has 0 bridgehead atoms. The number of hydrogen-bond acceptors (Lipinski definition) is 9. The Morgan fingerprint density at radius 2 is 1.68 bits per heavy atom. The van der Waals surface area contributed by atoms with Crippen molar-refractivity contribution < 1.29 is 32.3 Å². The van der Waals surface area contributed by atoms with Crippen molar-refractivity contribution in [1.82, 2.24) is 29.2 Å². The molecule has 1 saturated heterocycles. The maximum absolute atomic E-state index is 13.9. The van der Waals surface area contributed by atoms with E-state index in [1.54, 1.807) is 58.2 Å². The second-order valence-electron chi connectivity index (χ2n) is 14.8. The van der Waals surface area contributed by atoms with Gasteiger partial charge in [0.05, 0.1) is 35.5 Å². The van der Waals surface area contributed by atoms with Crippen LogP contribution in [-0.2, 0) is 35.6 Å². The minimum absolute atomic E-state index is 0.00417. The molecule has 15 heteroatoms. The van der Waals surface area contributed by atoms with E-state index in [0.717, 1.165) is 42.4 Å². The molecule has 0 atom stereocenters. The van der Waals surface area contributed by atoms with E-state index in [1.807, 2.05) is 4.57 Å². The number of likely N-dealkylation sites (N-methyl/N-ethyl adjacent to an activating group) is 1. The van der Waals surface area contributed by atoms with E-state index in [0.29, 0.717) is 53.2 Å². The number of aromatic nitrogens is 3. The second-order valence-corrected chi connectivity index (χ2v) is 14.8. The number of carbonyl (C=O) groups is 3. The number of nitrogens with two attached hydrogens (primary N) is 1. The number of benzene rings is 2. The molecule has 2 aliphatic rings. The number of alkyl halides is 3. The molecule has 0 unspecified atom stereocenters. The average molecular weight is 771 g/mol. The van der Waals surface area contributed by atoms with E-state index in [4.69, 9.17) is 10.5 Å². The fourth-order valence-electron chi connectivity index (χ4n) is 6.77. The molecule has 12 nitrogen and oxygen atoms in total. The van der Waals surface area contributed by atoms with Crippen molar-refractivity contribution in [2.24, 2.45) is 7.05 Å². The Morgan fingerprint density at radius 3 is 2.38 bits per heavy atom. The average Bonchev–Trinajstić information content (AvgIpc) is 3.49. The van der Waals surface area contributed by atoms with E-state index < -0.39 is 29.3 Å². The highest BCUT2D eigenvalue weighted by atomic mass is 19.4. The Hall–Kier alpha value is -5.72. The molecule has 2 N–H and O–H groups in total. The van der Waals surface area contributed by atoms with Gasteiger partial charge in [0.1, 0.15) is 11.3 Å². The van der Waals surface area contributed by atoms with Gasteiger partial charge in [-0.2, -0.15) is 13.2 Å². The number of piperazine rings is 1. The SMILES string of the molecule is CCN1CCN(CN(C(=O)Cc2cccc(C#Cc3cnc(N)nc3-c3cc4c(n3C)CCN(C(=O)OC(C)(C)C)C4=O)c2)c2cccc(C(F)(F)F)c2)CC1. The third-order valence-corrected chi connectivity index (χ3v) is 9.73. The van der Waals surface area contributed by atoms with E-state index in [9.17, 15) is 27.6 Å². The molecule has 56 heavy (non-hydrogen) atoms. The lowest BCUT2D eigenvalue weighted by Gasteiger charge is -2.37. The van der Waals surface area contributed by atoms with Crippen LogP contribution >= 0.6 is 0 Å². The van der Waals surface area contributed by atoms with E-state index in [1.165, 1.54) is 23.2 Å². The van der Waals surface area contributed by atoms with Crippen LogP contribution in [0.3, 0.4) is 0 Å². The van der Waals surface area contributed by atoms with Crippen LogP contribution in [0.25, 0.3) is 11.4 Å². The minimum atomic E-state index is -4.56.